The average Bonchev–Trinajstić information content (AvgIpc) is 3.24. The predicted octanol–water partition coefficient (Wildman–Crippen LogP) is 3.57. The van der Waals surface area contributed by atoms with Gasteiger partial charge in [-0.1, -0.05) is 29.8 Å². The fourth-order valence-electron chi connectivity index (χ4n) is 2.72. The van der Waals surface area contributed by atoms with Gasteiger partial charge in [-0.05, 0) is 37.6 Å². The third kappa shape index (κ3) is 3.70. The average molecular weight is 372 g/mol. The summed E-state index contributed by atoms with van der Waals surface area (Å²) in [6, 6.07) is 10.8. The maximum Gasteiger partial charge on any atom is 0.342 e. The number of halogens is 1. The molecular weight excluding hydrogens is 354 g/mol. The van der Waals surface area contributed by atoms with Crippen molar-refractivity contribution >= 4 is 23.4 Å². The number of Topliss-reactive ketones (excluding diaryl/α,β-unsaturated/α-hetero) is 1. The van der Waals surface area contributed by atoms with Crippen LogP contribution in [0, 0.1) is 13.8 Å². The van der Waals surface area contributed by atoms with Crippen molar-refractivity contribution in [2.45, 2.75) is 20.4 Å². The number of nitrogens with one attached hydrogen (secondary N) is 1. The van der Waals surface area contributed by atoms with Crippen molar-refractivity contribution in [2.24, 2.45) is 0 Å². The van der Waals surface area contributed by atoms with Gasteiger partial charge < -0.3 is 9.72 Å². The first-order valence-electron chi connectivity index (χ1n) is 8.08. The number of carbonyl (C=O) groups is 2. The van der Waals surface area contributed by atoms with Gasteiger partial charge in [-0.3, -0.25) is 9.48 Å². The fourth-order valence-corrected chi connectivity index (χ4v) is 2.91. The Morgan fingerprint density at radius 2 is 1.96 bits per heavy atom. The molecule has 0 aliphatic carbocycles. The van der Waals surface area contributed by atoms with Crippen LogP contribution in [-0.4, -0.2) is 33.1 Å². The number of aromatic nitrogens is 3. The van der Waals surface area contributed by atoms with Crippen LogP contribution >= 0.6 is 11.6 Å². The van der Waals surface area contributed by atoms with Gasteiger partial charge >= 0.3 is 5.97 Å². The Labute approximate surface area is 155 Å². The number of rotatable bonds is 6. The number of ether oxygens (including phenoxy) is 1. The molecule has 26 heavy (non-hydrogen) atoms. The number of aryl methyl sites for hydroxylation is 1. The summed E-state index contributed by atoms with van der Waals surface area (Å²) in [5.74, 6) is -0.854. The van der Waals surface area contributed by atoms with Gasteiger partial charge in [-0.25, -0.2) is 4.79 Å². The summed E-state index contributed by atoms with van der Waals surface area (Å²) >= 11 is 6.20. The lowest BCUT2D eigenvalue weighted by Crippen LogP contribution is -2.16. The van der Waals surface area contributed by atoms with Crippen molar-refractivity contribution in [2.75, 3.05) is 6.61 Å². The Kier molecular flexibility index (Phi) is 5.23. The normalized spacial score (nSPS) is 10.7. The molecule has 0 radical (unpaired) electrons. The summed E-state index contributed by atoms with van der Waals surface area (Å²) in [4.78, 5) is 27.2. The minimum Gasteiger partial charge on any atom is -0.454 e. The Hall–Kier alpha value is -2.86. The number of hydrogen-bond donors (Lipinski definition) is 1. The minimum atomic E-state index is -0.565. The monoisotopic (exact) mass is 371 g/mol. The van der Waals surface area contributed by atoms with Gasteiger partial charge in [0.05, 0.1) is 23.6 Å². The highest BCUT2D eigenvalue weighted by Gasteiger charge is 2.21. The lowest BCUT2D eigenvalue weighted by Gasteiger charge is -2.07. The lowest BCUT2D eigenvalue weighted by molar-refractivity contribution is 0.0472. The zero-order valence-corrected chi connectivity index (χ0v) is 15.2. The molecule has 3 aromatic rings. The molecule has 0 spiro atoms. The Morgan fingerprint density at radius 1 is 1.19 bits per heavy atom. The second kappa shape index (κ2) is 7.58. The molecule has 3 rings (SSSR count). The molecule has 0 saturated heterocycles. The number of ketones is 1. The number of aromatic amines is 1. The first-order valence-corrected chi connectivity index (χ1v) is 8.46. The van der Waals surface area contributed by atoms with Crippen molar-refractivity contribution in [3.63, 3.8) is 0 Å². The second-order valence-corrected chi connectivity index (χ2v) is 6.29. The largest absolute Gasteiger partial charge is 0.454 e. The van der Waals surface area contributed by atoms with E-state index in [-0.39, 0.29) is 12.4 Å². The summed E-state index contributed by atoms with van der Waals surface area (Å²) in [7, 11) is 0. The number of esters is 1. The third-order valence-electron chi connectivity index (χ3n) is 4.10. The molecule has 1 aromatic carbocycles. The predicted molar refractivity (Wildman–Crippen MR) is 97.7 cm³/mol. The van der Waals surface area contributed by atoms with Crippen molar-refractivity contribution in [3.8, 4) is 0 Å². The molecule has 0 aliphatic heterocycles. The Bertz CT molecular complexity index is 945. The summed E-state index contributed by atoms with van der Waals surface area (Å²) in [6.45, 7) is 3.65. The summed E-state index contributed by atoms with van der Waals surface area (Å²) < 4.78 is 6.88. The molecule has 2 aromatic heterocycles. The molecule has 0 fully saturated rings. The topological polar surface area (TPSA) is 77.0 Å². The van der Waals surface area contributed by atoms with E-state index in [0.29, 0.717) is 34.2 Å². The fraction of sp³-hybridized carbons (Fsp3) is 0.211. The van der Waals surface area contributed by atoms with E-state index >= 15 is 0 Å². The van der Waals surface area contributed by atoms with Crippen LogP contribution in [0.25, 0.3) is 0 Å². The van der Waals surface area contributed by atoms with Crippen LogP contribution in [0.4, 0.5) is 0 Å². The molecule has 6 nitrogen and oxygen atoms in total. The van der Waals surface area contributed by atoms with Crippen molar-refractivity contribution in [1.29, 1.82) is 0 Å². The smallest absolute Gasteiger partial charge is 0.342 e. The van der Waals surface area contributed by atoms with Gasteiger partial charge in [-0.2, -0.15) is 5.10 Å². The zero-order chi connectivity index (χ0) is 18.7. The molecule has 0 saturated carbocycles. The molecular formula is C19H18ClN3O3. The Balaban J connectivity index is 1.74. The molecule has 0 amide bonds. The van der Waals surface area contributed by atoms with Crippen LogP contribution < -0.4 is 0 Å². The molecule has 0 atom stereocenters. The highest BCUT2D eigenvalue weighted by Crippen LogP contribution is 2.20. The van der Waals surface area contributed by atoms with Gasteiger partial charge in [0.1, 0.15) is 5.56 Å². The number of hydrogen-bond acceptors (Lipinski definition) is 4. The van der Waals surface area contributed by atoms with Crippen LogP contribution in [0.15, 0.2) is 42.6 Å². The van der Waals surface area contributed by atoms with E-state index in [1.807, 2.05) is 24.3 Å². The number of H-pyrrole nitrogens is 1. The van der Waals surface area contributed by atoms with E-state index in [2.05, 4.69) is 10.1 Å². The van der Waals surface area contributed by atoms with E-state index in [1.165, 1.54) is 0 Å². The highest BCUT2D eigenvalue weighted by molar-refractivity contribution is 6.31. The van der Waals surface area contributed by atoms with Crippen molar-refractivity contribution in [3.05, 3.63) is 75.8 Å². The molecule has 0 aliphatic rings. The Morgan fingerprint density at radius 3 is 2.65 bits per heavy atom. The van der Waals surface area contributed by atoms with E-state index < -0.39 is 5.97 Å². The molecule has 1 N–H and O–H groups in total. The van der Waals surface area contributed by atoms with Gasteiger partial charge in [0, 0.05) is 11.2 Å². The molecule has 7 heteroatoms. The first-order chi connectivity index (χ1) is 12.5. The van der Waals surface area contributed by atoms with E-state index in [1.54, 1.807) is 36.9 Å². The summed E-state index contributed by atoms with van der Waals surface area (Å²) in [5, 5.41) is 5.05. The highest BCUT2D eigenvalue weighted by atomic mass is 35.5. The van der Waals surface area contributed by atoms with E-state index in [9.17, 15) is 9.59 Å². The first kappa shape index (κ1) is 17.9. The quantitative estimate of drug-likeness (QED) is 0.530. The van der Waals surface area contributed by atoms with Crippen LogP contribution in [-0.2, 0) is 11.3 Å². The van der Waals surface area contributed by atoms with Gasteiger partial charge in [0.25, 0.3) is 0 Å². The van der Waals surface area contributed by atoms with Crippen LogP contribution in [0.2, 0.25) is 5.02 Å². The van der Waals surface area contributed by atoms with Crippen LogP contribution in [0.1, 0.15) is 37.8 Å². The number of carbonyl (C=O) groups excluding carboxylic acids is 2. The van der Waals surface area contributed by atoms with Crippen LogP contribution in [0.5, 0.6) is 0 Å². The maximum atomic E-state index is 12.4. The van der Waals surface area contributed by atoms with E-state index in [4.69, 9.17) is 16.3 Å². The third-order valence-corrected chi connectivity index (χ3v) is 4.47. The van der Waals surface area contributed by atoms with Crippen molar-refractivity contribution in [1.82, 2.24) is 14.8 Å². The van der Waals surface area contributed by atoms with Gasteiger partial charge in [0.15, 0.2) is 6.61 Å². The lowest BCUT2D eigenvalue weighted by atomic mass is 10.2. The summed E-state index contributed by atoms with van der Waals surface area (Å²) in [5.41, 5.74) is 2.89. The van der Waals surface area contributed by atoms with Crippen molar-refractivity contribution < 1.29 is 14.3 Å². The molecule has 0 bridgehead atoms. The SMILES string of the molecule is Cc1nn(Cc2ccccc2Cl)c(C)c1C(=O)OCC(=O)c1ccc[nH]1. The standard InChI is InChI=1S/C19H18ClN3O3/c1-12-18(19(25)26-11-17(24)16-8-5-9-21-16)13(2)23(22-12)10-14-6-3-4-7-15(14)20/h3-9,21H,10-11H2,1-2H3. The van der Waals surface area contributed by atoms with Gasteiger partial charge in [0.2, 0.25) is 5.78 Å². The van der Waals surface area contributed by atoms with Crippen LogP contribution in [0.3, 0.4) is 0 Å². The number of benzene rings is 1. The molecule has 2 heterocycles. The summed E-state index contributed by atoms with van der Waals surface area (Å²) in [6.07, 6.45) is 1.64. The maximum absolute atomic E-state index is 12.4. The van der Waals surface area contributed by atoms with E-state index in [0.717, 1.165) is 5.56 Å². The minimum absolute atomic E-state index is 0.290. The second-order valence-electron chi connectivity index (χ2n) is 5.88. The zero-order valence-electron chi connectivity index (χ0n) is 14.5. The molecule has 0 unspecified atom stereocenters. The number of nitrogens with zero attached hydrogens (tertiary/aromatic N) is 2. The molecule has 134 valence electrons. The van der Waals surface area contributed by atoms with Gasteiger partial charge in [-0.15, -0.1) is 0 Å².